The molecule has 0 aliphatic heterocycles. The molecule has 2 heteroatoms. The third kappa shape index (κ3) is 3.32. The van der Waals surface area contributed by atoms with Crippen molar-refractivity contribution in [2.45, 2.75) is 71.0 Å². The molecule has 1 fully saturated rings. The largest absolute Gasteiger partial charge is 0.345 e. The molecule has 1 N–H and O–H groups in total. The van der Waals surface area contributed by atoms with Crippen molar-refractivity contribution in [2.75, 3.05) is 0 Å². The Morgan fingerprint density at radius 3 is 2.52 bits per heavy atom. The monoisotopic (exact) mass is 284 g/mol. The van der Waals surface area contributed by atoms with Crippen molar-refractivity contribution in [1.82, 2.24) is 9.88 Å². The lowest BCUT2D eigenvalue weighted by Gasteiger charge is -2.15. The maximum Gasteiger partial charge on any atom is 0.0486 e. The Kier molecular flexibility index (Phi) is 4.64. The highest BCUT2D eigenvalue weighted by Gasteiger charge is 2.14. The fourth-order valence-corrected chi connectivity index (χ4v) is 3.58. The Labute approximate surface area is 128 Å². The van der Waals surface area contributed by atoms with Crippen LogP contribution in [0.3, 0.4) is 0 Å². The van der Waals surface area contributed by atoms with E-state index in [1.54, 1.807) is 0 Å². The molecular formula is C19H28N2. The molecule has 21 heavy (non-hydrogen) atoms. The zero-order valence-electron chi connectivity index (χ0n) is 13.4. The van der Waals surface area contributed by atoms with Crippen LogP contribution in [-0.2, 0) is 6.54 Å². The lowest BCUT2D eigenvalue weighted by Crippen LogP contribution is -2.27. The fourth-order valence-electron chi connectivity index (χ4n) is 3.58. The second-order valence-corrected chi connectivity index (χ2v) is 6.74. The van der Waals surface area contributed by atoms with Gasteiger partial charge in [0.2, 0.25) is 0 Å². The van der Waals surface area contributed by atoms with E-state index in [-0.39, 0.29) is 0 Å². The predicted octanol–water partition coefficient (Wildman–Crippen LogP) is 5.03. The van der Waals surface area contributed by atoms with Gasteiger partial charge in [-0.25, -0.2) is 0 Å². The molecule has 1 heterocycles. The summed E-state index contributed by atoms with van der Waals surface area (Å²) in [4.78, 5) is 0. The molecule has 3 rings (SSSR count). The molecule has 1 saturated carbocycles. The molecule has 0 amide bonds. The quantitative estimate of drug-likeness (QED) is 0.779. The maximum absolute atomic E-state index is 3.81. The first kappa shape index (κ1) is 14.6. The molecule has 1 aliphatic rings. The minimum atomic E-state index is 0.515. The predicted molar refractivity (Wildman–Crippen MR) is 90.7 cm³/mol. The van der Waals surface area contributed by atoms with Crippen LogP contribution in [0.1, 0.15) is 64.0 Å². The maximum atomic E-state index is 3.81. The summed E-state index contributed by atoms with van der Waals surface area (Å²) in [5.74, 6) is 0. The van der Waals surface area contributed by atoms with Crippen molar-refractivity contribution < 1.29 is 0 Å². The van der Waals surface area contributed by atoms with Crippen molar-refractivity contribution in [3.63, 3.8) is 0 Å². The van der Waals surface area contributed by atoms with E-state index in [2.05, 4.69) is 54.2 Å². The highest BCUT2D eigenvalue weighted by molar-refractivity contribution is 5.84. The van der Waals surface area contributed by atoms with E-state index in [9.17, 15) is 0 Å². The van der Waals surface area contributed by atoms with Gasteiger partial charge in [-0.15, -0.1) is 0 Å². The normalized spacial score (nSPS) is 17.5. The topological polar surface area (TPSA) is 17.0 Å². The van der Waals surface area contributed by atoms with E-state index in [0.29, 0.717) is 12.1 Å². The van der Waals surface area contributed by atoms with E-state index in [4.69, 9.17) is 0 Å². The van der Waals surface area contributed by atoms with Gasteiger partial charge in [0.05, 0.1) is 0 Å². The summed E-state index contributed by atoms with van der Waals surface area (Å²) in [6, 6.07) is 10.0. The summed E-state index contributed by atoms with van der Waals surface area (Å²) in [6.45, 7) is 5.52. The second kappa shape index (κ2) is 6.65. The van der Waals surface area contributed by atoms with Crippen molar-refractivity contribution >= 4 is 10.9 Å². The van der Waals surface area contributed by atoms with Crippen LogP contribution < -0.4 is 5.32 Å². The van der Waals surface area contributed by atoms with Crippen LogP contribution in [0.4, 0.5) is 0 Å². The van der Waals surface area contributed by atoms with E-state index in [1.807, 2.05) is 0 Å². The molecule has 1 aromatic heterocycles. The van der Waals surface area contributed by atoms with Crippen LogP contribution in [0.25, 0.3) is 10.9 Å². The Morgan fingerprint density at radius 1 is 1.10 bits per heavy atom. The molecule has 0 spiro atoms. The van der Waals surface area contributed by atoms with Gasteiger partial charge in [-0.2, -0.15) is 0 Å². The first-order valence-corrected chi connectivity index (χ1v) is 8.57. The van der Waals surface area contributed by atoms with Crippen molar-refractivity contribution in [2.24, 2.45) is 0 Å². The summed E-state index contributed by atoms with van der Waals surface area (Å²) < 4.78 is 2.40. The smallest absolute Gasteiger partial charge is 0.0486 e. The highest BCUT2D eigenvalue weighted by Crippen LogP contribution is 2.25. The summed E-state index contributed by atoms with van der Waals surface area (Å²) >= 11 is 0. The Bertz CT molecular complexity index is 574. The first-order chi connectivity index (χ1) is 10.3. The Balaban J connectivity index is 1.77. The van der Waals surface area contributed by atoms with Crippen LogP contribution in [0.15, 0.2) is 30.5 Å². The van der Waals surface area contributed by atoms with Gasteiger partial charge in [0.15, 0.2) is 0 Å². The van der Waals surface area contributed by atoms with Crippen LogP contribution >= 0.6 is 0 Å². The average Bonchev–Trinajstić information content (AvgIpc) is 2.67. The number of hydrogen-bond donors (Lipinski definition) is 1. The number of nitrogens with zero attached hydrogens (tertiary/aromatic N) is 1. The number of fused-ring (bicyclic) bond motifs is 1. The summed E-state index contributed by atoms with van der Waals surface area (Å²) in [5.41, 5.74) is 2.81. The number of hydrogen-bond acceptors (Lipinski definition) is 1. The molecule has 0 unspecified atom stereocenters. The van der Waals surface area contributed by atoms with E-state index in [0.717, 1.165) is 6.54 Å². The van der Waals surface area contributed by atoms with Crippen LogP contribution in [0, 0.1) is 0 Å². The van der Waals surface area contributed by atoms with E-state index in [1.165, 1.54) is 55.0 Å². The molecule has 0 radical (unpaired) electrons. The van der Waals surface area contributed by atoms with E-state index < -0.39 is 0 Å². The fraction of sp³-hybridized carbons (Fsp3) is 0.579. The van der Waals surface area contributed by atoms with Gasteiger partial charge in [-0.05, 0) is 38.3 Å². The molecule has 1 aromatic carbocycles. The average molecular weight is 284 g/mol. The van der Waals surface area contributed by atoms with Gasteiger partial charge in [0, 0.05) is 35.7 Å². The van der Waals surface area contributed by atoms with Crippen LogP contribution in [-0.4, -0.2) is 10.6 Å². The molecule has 2 aromatic rings. The number of rotatable bonds is 4. The van der Waals surface area contributed by atoms with Gasteiger partial charge >= 0.3 is 0 Å². The van der Waals surface area contributed by atoms with Crippen LogP contribution in [0.5, 0.6) is 0 Å². The van der Waals surface area contributed by atoms with Crippen molar-refractivity contribution in [3.05, 3.63) is 36.0 Å². The second-order valence-electron chi connectivity index (χ2n) is 6.74. The van der Waals surface area contributed by atoms with Gasteiger partial charge in [-0.1, -0.05) is 43.9 Å². The summed E-state index contributed by atoms with van der Waals surface area (Å²) in [6.07, 6.45) is 10.7. The number of aromatic nitrogens is 1. The molecular weight excluding hydrogens is 256 g/mol. The van der Waals surface area contributed by atoms with Gasteiger partial charge in [-0.3, -0.25) is 0 Å². The summed E-state index contributed by atoms with van der Waals surface area (Å²) in [5, 5.41) is 5.22. The molecule has 0 saturated heterocycles. The van der Waals surface area contributed by atoms with Gasteiger partial charge in [0.25, 0.3) is 0 Å². The third-order valence-electron chi connectivity index (χ3n) is 4.82. The summed E-state index contributed by atoms with van der Waals surface area (Å²) in [7, 11) is 0. The molecule has 0 bridgehead atoms. The van der Waals surface area contributed by atoms with Crippen molar-refractivity contribution in [3.8, 4) is 0 Å². The first-order valence-electron chi connectivity index (χ1n) is 8.57. The molecule has 1 aliphatic carbocycles. The molecule has 114 valence electrons. The van der Waals surface area contributed by atoms with Crippen molar-refractivity contribution in [1.29, 1.82) is 0 Å². The SMILES string of the molecule is CC(C)n1cc(CNC2CCCCCC2)c2ccccc21. The minimum absolute atomic E-state index is 0.515. The molecule has 0 atom stereocenters. The van der Waals surface area contributed by atoms with Crippen LogP contribution in [0.2, 0.25) is 0 Å². The number of benzene rings is 1. The third-order valence-corrected chi connectivity index (χ3v) is 4.82. The zero-order chi connectivity index (χ0) is 14.7. The lowest BCUT2D eigenvalue weighted by atomic mass is 10.1. The number of para-hydroxylation sites is 1. The lowest BCUT2D eigenvalue weighted by molar-refractivity contribution is 0.459. The molecule has 2 nitrogen and oxygen atoms in total. The number of nitrogens with one attached hydrogen (secondary N) is 1. The Morgan fingerprint density at radius 2 is 1.81 bits per heavy atom. The minimum Gasteiger partial charge on any atom is -0.345 e. The highest BCUT2D eigenvalue weighted by atomic mass is 15.0. The van der Waals surface area contributed by atoms with E-state index >= 15 is 0 Å². The standard InChI is InChI=1S/C19H28N2/c1-15(2)21-14-16(18-11-7-8-12-19(18)21)13-20-17-9-5-3-4-6-10-17/h7-8,11-12,14-15,17,20H,3-6,9-10,13H2,1-2H3. The zero-order valence-corrected chi connectivity index (χ0v) is 13.4. The Hall–Kier alpha value is -1.28. The van der Waals surface area contributed by atoms with Gasteiger partial charge < -0.3 is 9.88 Å². The van der Waals surface area contributed by atoms with Gasteiger partial charge in [0.1, 0.15) is 0 Å².